The number of hydrogen-bond donors (Lipinski definition) is 10. The van der Waals surface area contributed by atoms with Gasteiger partial charge in [0.25, 0.3) is 0 Å². The fourth-order valence-corrected chi connectivity index (χ4v) is 5.11. The number of nitrogens with one attached hydrogen (secondary N) is 7. The molecule has 1 saturated heterocycles. The van der Waals surface area contributed by atoms with Crippen molar-refractivity contribution < 1.29 is 48.6 Å². The summed E-state index contributed by atoms with van der Waals surface area (Å²) in [7, 11) is 0. The molecule has 8 atom stereocenters. The van der Waals surface area contributed by atoms with Gasteiger partial charge in [0.2, 0.25) is 41.4 Å². The molecule has 11 N–H and O–H groups in total. The molecule has 1 heterocycles. The fourth-order valence-electron chi connectivity index (χ4n) is 5.11. The molecule has 0 radical (unpaired) electrons. The normalized spacial score (nSPS) is 18.4. The number of aliphatic hydroxyl groups excluding tert-OH is 1. The number of carboxylic acid groups (broad SMARTS) is 1. The van der Waals surface area contributed by atoms with Crippen LogP contribution in [0, 0.1) is 11.8 Å². The van der Waals surface area contributed by atoms with Crippen molar-refractivity contribution in [2.75, 3.05) is 6.54 Å². The van der Waals surface area contributed by atoms with E-state index in [-0.39, 0.29) is 37.5 Å². The Hall–Kier alpha value is -4.32. The highest BCUT2D eigenvalue weighted by atomic mass is 16.4. The number of carbonyl (C=O) groups is 8. The summed E-state index contributed by atoms with van der Waals surface area (Å²) in [6, 6.07) is -8.06. The maximum atomic E-state index is 13.4. The van der Waals surface area contributed by atoms with E-state index in [0.29, 0.717) is 13.0 Å². The monoisotopic (exact) mass is 712 g/mol. The standard InChI is InChI=1S/C32H56N8O10/c1-15(2)13-22(38-28(45)21(10-11-24(33)42)37-27(44)20-9-8-12-34-20)29(46)35-17(5)26(43)40-25(19(7)41)31(48)39-23(14-16(3)4)30(47)36-18(6)32(49)50/h15-23,25,34,41H,8-14H2,1-7H3,(H2,33,42)(H,35,46)(H,36,47)(H,37,44)(H,38,45)(H,39,48)(H,40,43)(H,49,50)/t17-,18-,19+,20-,21-,22-,23-,25-/m0/s1. The Kier molecular flexibility index (Phi) is 18.4. The Balaban J connectivity index is 3.03. The Morgan fingerprint density at radius 2 is 1.18 bits per heavy atom. The van der Waals surface area contributed by atoms with Crippen LogP contribution in [0.3, 0.4) is 0 Å². The maximum Gasteiger partial charge on any atom is 0.325 e. The molecule has 0 aromatic carbocycles. The summed E-state index contributed by atoms with van der Waals surface area (Å²) in [6.07, 6.45) is -0.110. The Morgan fingerprint density at radius 1 is 0.680 bits per heavy atom. The van der Waals surface area contributed by atoms with Gasteiger partial charge >= 0.3 is 5.97 Å². The maximum absolute atomic E-state index is 13.4. The molecule has 7 amide bonds. The first-order valence-electron chi connectivity index (χ1n) is 17.0. The topological polar surface area (TPSA) is 287 Å². The van der Waals surface area contributed by atoms with Gasteiger partial charge in [-0.15, -0.1) is 0 Å². The Bertz CT molecular complexity index is 1220. The highest BCUT2D eigenvalue weighted by molar-refractivity contribution is 5.97. The molecule has 0 spiro atoms. The van der Waals surface area contributed by atoms with E-state index in [1.807, 2.05) is 13.8 Å². The summed E-state index contributed by atoms with van der Waals surface area (Å²) in [5.41, 5.74) is 5.27. The number of carboxylic acids is 1. The molecule has 1 aliphatic heterocycles. The van der Waals surface area contributed by atoms with Crippen molar-refractivity contribution in [3.8, 4) is 0 Å². The van der Waals surface area contributed by atoms with Crippen LogP contribution >= 0.6 is 0 Å². The molecule has 0 saturated carbocycles. The van der Waals surface area contributed by atoms with Crippen molar-refractivity contribution >= 4 is 47.3 Å². The Labute approximate surface area is 292 Å². The van der Waals surface area contributed by atoms with Crippen LogP contribution in [-0.4, -0.2) is 112 Å². The van der Waals surface area contributed by atoms with Gasteiger partial charge in [-0.05, 0) is 71.3 Å². The van der Waals surface area contributed by atoms with Gasteiger partial charge in [0.15, 0.2) is 0 Å². The van der Waals surface area contributed by atoms with Gasteiger partial charge in [-0.25, -0.2) is 0 Å². The zero-order valence-corrected chi connectivity index (χ0v) is 30.0. The molecule has 0 aromatic rings. The molecule has 0 bridgehead atoms. The van der Waals surface area contributed by atoms with E-state index in [1.54, 1.807) is 13.8 Å². The Morgan fingerprint density at radius 3 is 1.62 bits per heavy atom. The van der Waals surface area contributed by atoms with E-state index in [2.05, 4.69) is 37.2 Å². The second-order valence-electron chi connectivity index (χ2n) is 13.6. The van der Waals surface area contributed by atoms with Crippen LogP contribution in [0.25, 0.3) is 0 Å². The number of aliphatic carboxylic acids is 1. The molecule has 1 aliphatic rings. The van der Waals surface area contributed by atoms with Crippen LogP contribution in [-0.2, 0) is 38.4 Å². The zero-order valence-electron chi connectivity index (χ0n) is 30.0. The van der Waals surface area contributed by atoms with Gasteiger partial charge in [-0.2, -0.15) is 0 Å². The summed E-state index contributed by atoms with van der Waals surface area (Å²) in [5.74, 6) is -6.60. The van der Waals surface area contributed by atoms with E-state index in [4.69, 9.17) is 10.8 Å². The third-order valence-electron chi connectivity index (χ3n) is 7.91. The number of aliphatic hydroxyl groups is 1. The minimum absolute atomic E-state index is 0.0979. The molecule has 1 rings (SSSR count). The molecule has 1 fully saturated rings. The largest absolute Gasteiger partial charge is 0.480 e. The van der Waals surface area contributed by atoms with Crippen molar-refractivity contribution in [3.63, 3.8) is 0 Å². The van der Waals surface area contributed by atoms with Gasteiger partial charge in [-0.1, -0.05) is 27.7 Å². The summed E-state index contributed by atoms with van der Waals surface area (Å²) in [4.78, 5) is 101. The van der Waals surface area contributed by atoms with Crippen LogP contribution in [0.2, 0.25) is 0 Å². The van der Waals surface area contributed by atoms with E-state index in [0.717, 1.165) is 6.42 Å². The lowest BCUT2D eigenvalue weighted by molar-refractivity contribution is -0.142. The van der Waals surface area contributed by atoms with Crippen LogP contribution in [0.5, 0.6) is 0 Å². The molecule has 18 nitrogen and oxygen atoms in total. The SMILES string of the molecule is CC(C)C[C@H](NC(=O)[C@H](CCC(N)=O)NC(=O)[C@@H]1CCCN1)C(=O)N[C@@H](C)C(=O)N[C@H](C(=O)N[C@@H](CC(C)C)C(=O)N[C@@H](C)C(=O)O)[C@@H](C)O. The quantitative estimate of drug-likeness (QED) is 0.0594. The minimum atomic E-state index is -1.56. The number of primary amides is 1. The van der Waals surface area contributed by atoms with Crippen LogP contribution < -0.4 is 43.0 Å². The molecule has 284 valence electrons. The third kappa shape index (κ3) is 15.5. The predicted molar refractivity (Wildman–Crippen MR) is 181 cm³/mol. The lowest BCUT2D eigenvalue weighted by atomic mass is 10.0. The molecule has 0 aliphatic carbocycles. The second-order valence-corrected chi connectivity index (χ2v) is 13.6. The highest BCUT2D eigenvalue weighted by Crippen LogP contribution is 2.10. The van der Waals surface area contributed by atoms with Crippen molar-refractivity contribution in [2.24, 2.45) is 17.6 Å². The first-order chi connectivity index (χ1) is 23.2. The van der Waals surface area contributed by atoms with Gasteiger partial charge in [-0.3, -0.25) is 38.4 Å². The fraction of sp³-hybridized carbons (Fsp3) is 0.750. The van der Waals surface area contributed by atoms with Gasteiger partial charge in [0, 0.05) is 6.42 Å². The summed E-state index contributed by atoms with van der Waals surface area (Å²) in [5, 5.41) is 37.4. The molecule has 0 aromatic heterocycles. The van der Waals surface area contributed by atoms with Gasteiger partial charge < -0.3 is 53.2 Å². The zero-order chi connectivity index (χ0) is 38.3. The summed E-state index contributed by atoms with van der Waals surface area (Å²) < 4.78 is 0. The average Bonchev–Trinajstić information content (AvgIpc) is 3.55. The molecule has 18 heteroatoms. The van der Waals surface area contributed by atoms with Crippen molar-refractivity contribution in [1.82, 2.24) is 37.2 Å². The van der Waals surface area contributed by atoms with Crippen molar-refractivity contribution in [1.29, 1.82) is 0 Å². The van der Waals surface area contributed by atoms with Crippen molar-refractivity contribution in [3.05, 3.63) is 0 Å². The molecule has 50 heavy (non-hydrogen) atoms. The van der Waals surface area contributed by atoms with E-state index in [1.165, 1.54) is 20.8 Å². The number of amides is 7. The van der Waals surface area contributed by atoms with Crippen LogP contribution in [0.4, 0.5) is 0 Å². The van der Waals surface area contributed by atoms with Crippen LogP contribution in [0.1, 0.15) is 87.0 Å². The second kappa shape index (κ2) is 21.0. The minimum Gasteiger partial charge on any atom is -0.480 e. The number of rotatable bonds is 21. The van der Waals surface area contributed by atoms with Crippen LogP contribution in [0.15, 0.2) is 0 Å². The predicted octanol–water partition coefficient (Wildman–Crippen LogP) is -2.49. The average molecular weight is 713 g/mol. The number of hydrogen-bond acceptors (Lipinski definition) is 10. The lowest BCUT2D eigenvalue weighted by Gasteiger charge is -2.28. The van der Waals surface area contributed by atoms with Gasteiger partial charge in [0.1, 0.15) is 36.3 Å². The molecular weight excluding hydrogens is 656 g/mol. The third-order valence-corrected chi connectivity index (χ3v) is 7.91. The lowest BCUT2D eigenvalue weighted by Crippen LogP contribution is -2.61. The first-order valence-corrected chi connectivity index (χ1v) is 17.0. The highest BCUT2D eigenvalue weighted by Gasteiger charge is 2.34. The smallest absolute Gasteiger partial charge is 0.325 e. The van der Waals surface area contributed by atoms with E-state index in [9.17, 15) is 43.5 Å². The number of nitrogens with two attached hydrogens (primary N) is 1. The molecular formula is C32H56N8O10. The van der Waals surface area contributed by atoms with E-state index < -0.39 is 95.7 Å². The summed E-state index contributed by atoms with van der Waals surface area (Å²) in [6.45, 7) is 11.6. The van der Waals surface area contributed by atoms with Crippen molar-refractivity contribution in [2.45, 2.75) is 135 Å². The summed E-state index contributed by atoms with van der Waals surface area (Å²) >= 11 is 0. The first kappa shape index (κ1) is 43.7. The van der Waals surface area contributed by atoms with E-state index >= 15 is 0 Å². The van der Waals surface area contributed by atoms with Gasteiger partial charge in [0.05, 0.1) is 12.1 Å². The molecule has 0 unspecified atom stereocenters. The number of carbonyl (C=O) groups excluding carboxylic acids is 7.